The molecule has 1 heterocycles. The number of sulfonamides is 1. The van der Waals surface area contributed by atoms with Crippen molar-refractivity contribution in [3.05, 3.63) is 59.9 Å². The molecular formula is C13H10ClN5O2S. The second kappa shape index (κ2) is 5.74. The highest BCUT2D eigenvalue weighted by Crippen LogP contribution is 2.23. The third kappa shape index (κ3) is 2.92. The fourth-order valence-electron chi connectivity index (χ4n) is 1.87. The molecule has 0 aliphatic carbocycles. The Bertz CT molecular complexity index is 896. The SMILES string of the molecule is O=S(=O)(Nc1ccccc1-n1cnnn1)c1cccc(Cl)c1. The van der Waals surface area contributed by atoms with E-state index in [1.165, 1.54) is 23.1 Å². The molecule has 0 bridgehead atoms. The van der Waals surface area contributed by atoms with Gasteiger partial charge >= 0.3 is 0 Å². The van der Waals surface area contributed by atoms with Gasteiger partial charge in [0.15, 0.2) is 0 Å². The van der Waals surface area contributed by atoms with Gasteiger partial charge in [0.2, 0.25) is 0 Å². The Morgan fingerprint density at radius 3 is 2.64 bits per heavy atom. The van der Waals surface area contributed by atoms with Gasteiger partial charge in [-0.05, 0) is 40.8 Å². The van der Waals surface area contributed by atoms with E-state index < -0.39 is 10.0 Å². The van der Waals surface area contributed by atoms with Crippen molar-refractivity contribution in [3.63, 3.8) is 0 Å². The van der Waals surface area contributed by atoms with Crippen LogP contribution in [0.2, 0.25) is 5.02 Å². The molecular weight excluding hydrogens is 326 g/mol. The van der Waals surface area contributed by atoms with Gasteiger partial charge in [0.25, 0.3) is 10.0 Å². The minimum Gasteiger partial charge on any atom is -0.277 e. The maximum absolute atomic E-state index is 12.4. The van der Waals surface area contributed by atoms with Crippen molar-refractivity contribution in [2.75, 3.05) is 4.72 Å². The fourth-order valence-corrected chi connectivity index (χ4v) is 3.24. The van der Waals surface area contributed by atoms with Gasteiger partial charge in [0.05, 0.1) is 16.3 Å². The van der Waals surface area contributed by atoms with Crippen LogP contribution in [0.25, 0.3) is 5.69 Å². The predicted molar refractivity (Wildman–Crippen MR) is 81.4 cm³/mol. The summed E-state index contributed by atoms with van der Waals surface area (Å²) in [7, 11) is -3.77. The quantitative estimate of drug-likeness (QED) is 0.788. The summed E-state index contributed by atoms with van der Waals surface area (Å²) in [5.41, 5.74) is 0.868. The number of para-hydroxylation sites is 2. The molecule has 0 unspecified atom stereocenters. The first-order chi connectivity index (χ1) is 10.6. The standard InChI is InChI=1S/C13H10ClN5O2S/c14-10-4-3-5-11(8-10)22(20,21)16-12-6-1-2-7-13(12)19-9-15-17-18-19/h1-9,16H. The Hall–Kier alpha value is -2.45. The van der Waals surface area contributed by atoms with E-state index in [1.54, 1.807) is 36.4 Å². The largest absolute Gasteiger partial charge is 0.277 e. The molecule has 0 amide bonds. The zero-order valence-electron chi connectivity index (χ0n) is 11.1. The first-order valence-corrected chi connectivity index (χ1v) is 8.03. The minimum atomic E-state index is -3.77. The van der Waals surface area contributed by atoms with Gasteiger partial charge in [-0.2, -0.15) is 4.68 Å². The summed E-state index contributed by atoms with van der Waals surface area (Å²) in [6.07, 6.45) is 1.38. The number of hydrogen-bond donors (Lipinski definition) is 1. The van der Waals surface area contributed by atoms with Crippen molar-refractivity contribution in [1.82, 2.24) is 20.2 Å². The van der Waals surface area contributed by atoms with Crippen molar-refractivity contribution >= 4 is 27.3 Å². The lowest BCUT2D eigenvalue weighted by atomic mass is 10.3. The lowest BCUT2D eigenvalue weighted by molar-refractivity contribution is 0.601. The highest BCUT2D eigenvalue weighted by Gasteiger charge is 2.17. The fraction of sp³-hybridized carbons (Fsp3) is 0. The van der Waals surface area contributed by atoms with Gasteiger partial charge in [0, 0.05) is 5.02 Å². The van der Waals surface area contributed by atoms with Crippen LogP contribution in [0.3, 0.4) is 0 Å². The summed E-state index contributed by atoms with van der Waals surface area (Å²) in [6.45, 7) is 0. The Kier molecular flexibility index (Phi) is 3.78. The third-order valence-corrected chi connectivity index (χ3v) is 4.45. The molecule has 1 aromatic heterocycles. The normalized spacial score (nSPS) is 11.3. The number of tetrazole rings is 1. The minimum absolute atomic E-state index is 0.0755. The van der Waals surface area contributed by atoms with Crippen molar-refractivity contribution < 1.29 is 8.42 Å². The third-order valence-electron chi connectivity index (χ3n) is 2.85. The second-order valence-electron chi connectivity index (χ2n) is 4.33. The summed E-state index contributed by atoms with van der Waals surface area (Å²) in [5, 5.41) is 11.2. The number of anilines is 1. The molecule has 112 valence electrons. The number of aromatic nitrogens is 4. The molecule has 0 spiro atoms. The van der Waals surface area contributed by atoms with E-state index in [9.17, 15) is 8.42 Å². The number of nitrogens with one attached hydrogen (secondary N) is 1. The van der Waals surface area contributed by atoms with Crippen molar-refractivity contribution in [2.45, 2.75) is 4.90 Å². The van der Waals surface area contributed by atoms with Crippen LogP contribution in [0.5, 0.6) is 0 Å². The number of halogens is 1. The van der Waals surface area contributed by atoms with Crippen LogP contribution in [0.4, 0.5) is 5.69 Å². The van der Waals surface area contributed by atoms with Crippen LogP contribution in [-0.4, -0.2) is 28.6 Å². The molecule has 1 N–H and O–H groups in total. The molecule has 22 heavy (non-hydrogen) atoms. The zero-order chi connectivity index (χ0) is 15.6. The van der Waals surface area contributed by atoms with E-state index in [4.69, 9.17) is 11.6 Å². The highest BCUT2D eigenvalue weighted by atomic mass is 35.5. The summed E-state index contributed by atoms with van der Waals surface area (Å²) in [6, 6.07) is 12.8. The molecule has 0 saturated carbocycles. The summed E-state index contributed by atoms with van der Waals surface area (Å²) < 4.78 is 28.8. The molecule has 0 fully saturated rings. The molecule has 0 radical (unpaired) electrons. The van der Waals surface area contributed by atoms with Crippen molar-refractivity contribution in [1.29, 1.82) is 0 Å². The Balaban J connectivity index is 2.00. The summed E-state index contributed by atoms with van der Waals surface area (Å²) >= 11 is 5.84. The van der Waals surface area contributed by atoms with E-state index >= 15 is 0 Å². The van der Waals surface area contributed by atoms with Gasteiger partial charge in [0.1, 0.15) is 6.33 Å². The van der Waals surface area contributed by atoms with E-state index in [2.05, 4.69) is 20.2 Å². The van der Waals surface area contributed by atoms with Crippen molar-refractivity contribution in [2.24, 2.45) is 0 Å². The monoisotopic (exact) mass is 335 g/mol. The van der Waals surface area contributed by atoms with E-state index in [0.29, 0.717) is 16.4 Å². The molecule has 3 aromatic rings. The van der Waals surface area contributed by atoms with Gasteiger partial charge < -0.3 is 0 Å². The van der Waals surface area contributed by atoms with Gasteiger partial charge in [-0.1, -0.05) is 29.8 Å². The van der Waals surface area contributed by atoms with Crippen LogP contribution in [0.15, 0.2) is 59.8 Å². The lowest BCUT2D eigenvalue weighted by Gasteiger charge is -2.12. The average Bonchev–Trinajstić information content (AvgIpc) is 3.01. The smallest absolute Gasteiger partial charge is 0.262 e. The molecule has 0 aliphatic rings. The number of rotatable bonds is 4. The topological polar surface area (TPSA) is 89.8 Å². The van der Waals surface area contributed by atoms with Crippen LogP contribution in [0.1, 0.15) is 0 Å². The molecule has 9 heteroatoms. The molecule has 7 nitrogen and oxygen atoms in total. The number of nitrogens with zero attached hydrogens (tertiary/aromatic N) is 4. The van der Waals surface area contributed by atoms with Gasteiger partial charge in [-0.15, -0.1) is 5.10 Å². The van der Waals surface area contributed by atoms with Gasteiger partial charge in [-0.3, -0.25) is 4.72 Å². The van der Waals surface area contributed by atoms with E-state index in [-0.39, 0.29) is 4.90 Å². The van der Waals surface area contributed by atoms with Crippen LogP contribution >= 0.6 is 11.6 Å². The maximum atomic E-state index is 12.4. The number of hydrogen-bond acceptors (Lipinski definition) is 5. The summed E-state index contributed by atoms with van der Waals surface area (Å²) in [5.74, 6) is 0. The van der Waals surface area contributed by atoms with Crippen LogP contribution < -0.4 is 4.72 Å². The van der Waals surface area contributed by atoms with E-state index in [0.717, 1.165) is 0 Å². The molecule has 0 aliphatic heterocycles. The molecule has 3 rings (SSSR count). The first kappa shape index (κ1) is 14.5. The lowest BCUT2D eigenvalue weighted by Crippen LogP contribution is -2.14. The summed E-state index contributed by atoms with van der Waals surface area (Å²) in [4.78, 5) is 0.0755. The second-order valence-corrected chi connectivity index (χ2v) is 6.45. The highest BCUT2D eigenvalue weighted by molar-refractivity contribution is 7.92. The van der Waals surface area contributed by atoms with Crippen molar-refractivity contribution in [3.8, 4) is 5.69 Å². The first-order valence-electron chi connectivity index (χ1n) is 6.17. The van der Waals surface area contributed by atoms with Gasteiger partial charge in [-0.25, -0.2) is 8.42 Å². The van der Waals surface area contributed by atoms with E-state index in [1.807, 2.05) is 0 Å². The Labute approximate surface area is 131 Å². The zero-order valence-corrected chi connectivity index (χ0v) is 12.7. The van der Waals surface area contributed by atoms with Crippen LogP contribution in [-0.2, 0) is 10.0 Å². The van der Waals surface area contributed by atoms with Crippen LogP contribution in [0, 0.1) is 0 Å². The molecule has 2 aromatic carbocycles. The number of benzene rings is 2. The Morgan fingerprint density at radius 2 is 1.91 bits per heavy atom. The Morgan fingerprint density at radius 1 is 1.09 bits per heavy atom. The molecule has 0 atom stereocenters. The average molecular weight is 336 g/mol. The predicted octanol–water partition coefficient (Wildman–Crippen LogP) is 2.12. The molecule has 0 saturated heterocycles. The maximum Gasteiger partial charge on any atom is 0.262 e.